The summed E-state index contributed by atoms with van der Waals surface area (Å²) >= 11 is 1.50. The van der Waals surface area contributed by atoms with Crippen LogP contribution in [-0.4, -0.2) is 24.0 Å². The van der Waals surface area contributed by atoms with E-state index < -0.39 is 0 Å². The van der Waals surface area contributed by atoms with Gasteiger partial charge in [0.1, 0.15) is 5.82 Å². The predicted octanol–water partition coefficient (Wildman–Crippen LogP) is 1.13. The first-order chi connectivity index (χ1) is 7.72. The molecular formula is C11H15FN2OS. The van der Waals surface area contributed by atoms with Crippen molar-refractivity contribution in [3.8, 4) is 0 Å². The lowest BCUT2D eigenvalue weighted by Crippen LogP contribution is -2.25. The van der Waals surface area contributed by atoms with E-state index in [0.29, 0.717) is 18.8 Å². The van der Waals surface area contributed by atoms with E-state index in [1.54, 1.807) is 12.1 Å². The number of halogens is 1. The van der Waals surface area contributed by atoms with Gasteiger partial charge in [-0.1, -0.05) is 12.1 Å². The number of hydrogen-bond acceptors (Lipinski definition) is 3. The zero-order valence-corrected chi connectivity index (χ0v) is 9.73. The summed E-state index contributed by atoms with van der Waals surface area (Å²) in [5, 5.41) is 2.75. The maximum absolute atomic E-state index is 12.6. The minimum absolute atomic E-state index is 0.0252. The number of nitrogens with two attached hydrogens (primary N) is 1. The molecule has 5 heteroatoms. The number of carbonyl (C=O) groups is 1. The van der Waals surface area contributed by atoms with Crippen molar-refractivity contribution >= 4 is 17.7 Å². The average Bonchev–Trinajstić information content (AvgIpc) is 2.29. The van der Waals surface area contributed by atoms with Crippen LogP contribution < -0.4 is 11.1 Å². The number of thioether (sulfide) groups is 1. The molecule has 0 saturated heterocycles. The molecule has 1 aromatic rings. The molecule has 0 aromatic heterocycles. The van der Waals surface area contributed by atoms with Gasteiger partial charge in [0.2, 0.25) is 5.91 Å². The van der Waals surface area contributed by atoms with Crippen molar-refractivity contribution in [2.24, 2.45) is 5.73 Å². The Morgan fingerprint density at radius 3 is 2.69 bits per heavy atom. The summed E-state index contributed by atoms with van der Waals surface area (Å²) in [6, 6.07) is 6.07. The van der Waals surface area contributed by atoms with E-state index >= 15 is 0 Å². The lowest BCUT2D eigenvalue weighted by Gasteiger charge is -2.04. The molecule has 0 heterocycles. The smallest absolute Gasteiger partial charge is 0.230 e. The van der Waals surface area contributed by atoms with Crippen molar-refractivity contribution in [3.63, 3.8) is 0 Å². The molecule has 0 saturated carbocycles. The summed E-state index contributed by atoms with van der Waals surface area (Å²) in [4.78, 5) is 11.3. The standard InChI is InChI=1S/C11H15FN2OS/c12-10-3-1-9(2-4-10)7-14-11(15)8-16-6-5-13/h1-4H,5-8,13H2,(H,14,15). The van der Waals surface area contributed by atoms with E-state index in [1.165, 1.54) is 23.9 Å². The molecule has 0 radical (unpaired) electrons. The van der Waals surface area contributed by atoms with Crippen LogP contribution in [0.5, 0.6) is 0 Å². The van der Waals surface area contributed by atoms with Crippen molar-refractivity contribution in [2.75, 3.05) is 18.1 Å². The van der Waals surface area contributed by atoms with E-state index in [4.69, 9.17) is 5.73 Å². The van der Waals surface area contributed by atoms with Gasteiger partial charge in [0.05, 0.1) is 5.75 Å². The topological polar surface area (TPSA) is 55.1 Å². The molecular weight excluding hydrogens is 227 g/mol. The molecule has 0 unspecified atom stereocenters. The Morgan fingerprint density at radius 1 is 1.38 bits per heavy atom. The highest BCUT2D eigenvalue weighted by molar-refractivity contribution is 7.99. The summed E-state index contributed by atoms with van der Waals surface area (Å²) in [6.45, 7) is 1.01. The molecule has 0 fully saturated rings. The van der Waals surface area contributed by atoms with E-state index in [0.717, 1.165) is 11.3 Å². The van der Waals surface area contributed by atoms with E-state index in [2.05, 4.69) is 5.32 Å². The molecule has 1 amide bonds. The summed E-state index contributed by atoms with van der Waals surface area (Å²) < 4.78 is 12.6. The molecule has 0 aliphatic heterocycles. The molecule has 0 atom stereocenters. The minimum Gasteiger partial charge on any atom is -0.351 e. The molecule has 3 N–H and O–H groups in total. The summed E-state index contributed by atoms with van der Waals surface area (Å²) in [5.41, 5.74) is 6.19. The second-order valence-corrected chi connectivity index (χ2v) is 4.35. The molecule has 0 aliphatic rings. The van der Waals surface area contributed by atoms with Crippen molar-refractivity contribution in [1.82, 2.24) is 5.32 Å². The Morgan fingerprint density at radius 2 is 2.06 bits per heavy atom. The van der Waals surface area contributed by atoms with Gasteiger partial charge >= 0.3 is 0 Å². The third-order valence-corrected chi connectivity index (χ3v) is 2.89. The number of carbonyl (C=O) groups excluding carboxylic acids is 1. The van der Waals surface area contributed by atoms with Crippen LogP contribution in [0.3, 0.4) is 0 Å². The highest BCUT2D eigenvalue weighted by Gasteiger charge is 2.01. The fourth-order valence-electron chi connectivity index (χ4n) is 1.10. The Balaban J connectivity index is 2.23. The van der Waals surface area contributed by atoms with E-state index in [9.17, 15) is 9.18 Å². The fraction of sp³-hybridized carbons (Fsp3) is 0.364. The molecule has 0 aliphatic carbocycles. The molecule has 88 valence electrons. The van der Waals surface area contributed by atoms with Crippen molar-refractivity contribution in [2.45, 2.75) is 6.54 Å². The quantitative estimate of drug-likeness (QED) is 0.735. The van der Waals surface area contributed by atoms with Gasteiger partial charge in [0, 0.05) is 18.8 Å². The first-order valence-corrected chi connectivity index (χ1v) is 6.17. The first kappa shape index (κ1) is 13.0. The van der Waals surface area contributed by atoms with E-state index in [-0.39, 0.29) is 11.7 Å². The number of benzene rings is 1. The minimum atomic E-state index is -0.270. The van der Waals surface area contributed by atoms with Crippen LogP contribution in [0, 0.1) is 5.82 Å². The number of rotatable bonds is 6. The van der Waals surface area contributed by atoms with Crippen molar-refractivity contribution in [1.29, 1.82) is 0 Å². The third-order valence-electron chi connectivity index (χ3n) is 1.90. The highest BCUT2D eigenvalue weighted by Crippen LogP contribution is 2.02. The van der Waals surface area contributed by atoms with Crippen molar-refractivity contribution in [3.05, 3.63) is 35.6 Å². The van der Waals surface area contributed by atoms with Crippen LogP contribution in [-0.2, 0) is 11.3 Å². The van der Waals surface area contributed by atoms with Crippen LogP contribution in [0.15, 0.2) is 24.3 Å². The molecule has 3 nitrogen and oxygen atoms in total. The molecule has 16 heavy (non-hydrogen) atoms. The Hall–Kier alpha value is -1.07. The van der Waals surface area contributed by atoms with Gasteiger partial charge in [-0.15, -0.1) is 0 Å². The number of nitrogens with one attached hydrogen (secondary N) is 1. The SMILES string of the molecule is NCCSCC(=O)NCc1ccc(F)cc1. The van der Waals surface area contributed by atoms with Gasteiger partial charge in [-0.25, -0.2) is 4.39 Å². The Kier molecular flexibility index (Phi) is 5.88. The van der Waals surface area contributed by atoms with Gasteiger partial charge in [0.25, 0.3) is 0 Å². The summed E-state index contributed by atoms with van der Waals surface area (Å²) in [5.74, 6) is 0.902. The predicted molar refractivity (Wildman–Crippen MR) is 64.6 cm³/mol. The van der Waals surface area contributed by atoms with E-state index in [1.807, 2.05) is 0 Å². The van der Waals surface area contributed by atoms with Crippen LogP contribution >= 0.6 is 11.8 Å². The van der Waals surface area contributed by atoms with Crippen LogP contribution in [0.4, 0.5) is 4.39 Å². The van der Waals surface area contributed by atoms with Crippen LogP contribution in [0.1, 0.15) is 5.56 Å². The highest BCUT2D eigenvalue weighted by atomic mass is 32.2. The Labute approximate surface area is 98.6 Å². The summed E-state index contributed by atoms with van der Waals surface area (Å²) in [7, 11) is 0. The molecule has 1 rings (SSSR count). The van der Waals surface area contributed by atoms with Gasteiger partial charge in [-0.2, -0.15) is 11.8 Å². The third kappa shape index (κ3) is 5.14. The van der Waals surface area contributed by atoms with Crippen LogP contribution in [0.2, 0.25) is 0 Å². The lowest BCUT2D eigenvalue weighted by molar-refractivity contribution is -0.118. The molecule has 0 spiro atoms. The van der Waals surface area contributed by atoms with Gasteiger partial charge in [-0.3, -0.25) is 4.79 Å². The van der Waals surface area contributed by atoms with Crippen LogP contribution in [0.25, 0.3) is 0 Å². The van der Waals surface area contributed by atoms with Gasteiger partial charge < -0.3 is 11.1 Å². The number of hydrogen-bond donors (Lipinski definition) is 2. The maximum atomic E-state index is 12.6. The average molecular weight is 242 g/mol. The monoisotopic (exact) mass is 242 g/mol. The molecule has 1 aromatic carbocycles. The second-order valence-electron chi connectivity index (χ2n) is 3.24. The fourth-order valence-corrected chi connectivity index (χ4v) is 1.70. The second kappa shape index (κ2) is 7.24. The number of amides is 1. The molecule has 0 bridgehead atoms. The van der Waals surface area contributed by atoms with Crippen molar-refractivity contribution < 1.29 is 9.18 Å². The largest absolute Gasteiger partial charge is 0.351 e. The van der Waals surface area contributed by atoms with Gasteiger partial charge in [0.15, 0.2) is 0 Å². The maximum Gasteiger partial charge on any atom is 0.230 e. The zero-order valence-electron chi connectivity index (χ0n) is 8.91. The lowest BCUT2D eigenvalue weighted by atomic mass is 10.2. The zero-order chi connectivity index (χ0) is 11.8. The normalized spacial score (nSPS) is 10.1. The first-order valence-electron chi connectivity index (χ1n) is 5.01. The Bertz CT molecular complexity index is 329. The van der Waals surface area contributed by atoms with Gasteiger partial charge in [-0.05, 0) is 17.7 Å². The summed E-state index contributed by atoms with van der Waals surface area (Å²) in [6.07, 6.45) is 0.